The van der Waals surface area contributed by atoms with Gasteiger partial charge >= 0.3 is 5.97 Å². The Labute approximate surface area is 108 Å². The van der Waals surface area contributed by atoms with Gasteiger partial charge in [0.15, 0.2) is 0 Å². The molecule has 0 aliphatic rings. The van der Waals surface area contributed by atoms with Crippen LogP contribution in [0.1, 0.15) is 24.0 Å². The highest BCUT2D eigenvalue weighted by Gasteiger charge is 2.10. The van der Waals surface area contributed by atoms with Gasteiger partial charge in [-0.2, -0.15) is 0 Å². The zero-order valence-electron chi connectivity index (χ0n) is 11.0. The number of nitrogens with zero attached hydrogens (tertiary/aromatic N) is 1. The van der Waals surface area contributed by atoms with E-state index in [9.17, 15) is 9.90 Å². The molecule has 0 bridgehead atoms. The van der Waals surface area contributed by atoms with Gasteiger partial charge in [0, 0.05) is 19.5 Å². The highest BCUT2D eigenvalue weighted by atomic mass is 16.4. The van der Waals surface area contributed by atoms with E-state index in [0.29, 0.717) is 13.0 Å². The third kappa shape index (κ3) is 5.80. The molecule has 0 fully saturated rings. The van der Waals surface area contributed by atoms with Crippen LogP contribution in [0.2, 0.25) is 0 Å². The summed E-state index contributed by atoms with van der Waals surface area (Å²) < 4.78 is 0. The molecule has 100 valence electrons. The minimum absolute atomic E-state index is 0.0134. The lowest BCUT2D eigenvalue weighted by Crippen LogP contribution is -2.29. The number of likely N-dealkylation sites (N-methyl/N-ethyl adjacent to an activating group) is 1. The molecule has 4 heteroatoms. The second-order valence-corrected chi connectivity index (χ2v) is 4.77. The van der Waals surface area contributed by atoms with Crippen molar-refractivity contribution in [3.05, 3.63) is 35.4 Å². The molecule has 0 amide bonds. The normalized spacial score (nSPS) is 12.7. The number of aliphatic hydroxyl groups excluding tert-OH is 1. The molecule has 18 heavy (non-hydrogen) atoms. The van der Waals surface area contributed by atoms with Crippen molar-refractivity contribution >= 4 is 5.97 Å². The van der Waals surface area contributed by atoms with E-state index in [2.05, 4.69) is 24.3 Å². The van der Waals surface area contributed by atoms with Gasteiger partial charge in [-0.25, -0.2) is 0 Å². The molecular formula is C14H21NO3. The Morgan fingerprint density at radius 2 is 1.94 bits per heavy atom. The van der Waals surface area contributed by atoms with Crippen LogP contribution in [0.3, 0.4) is 0 Å². The fourth-order valence-electron chi connectivity index (χ4n) is 1.81. The van der Waals surface area contributed by atoms with E-state index in [-0.39, 0.29) is 6.42 Å². The second-order valence-electron chi connectivity index (χ2n) is 4.77. The first-order valence-electron chi connectivity index (χ1n) is 6.11. The number of rotatable bonds is 7. The highest BCUT2D eigenvalue weighted by molar-refractivity contribution is 5.66. The smallest absolute Gasteiger partial charge is 0.303 e. The number of aryl methyl sites for hydroxylation is 1. The maximum absolute atomic E-state index is 10.4. The van der Waals surface area contributed by atoms with E-state index in [1.165, 1.54) is 11.1 Å². The Hall–Kier alpha value is -1.39. The molecule has 0 spiro atoms. The number of aliphatic hydroxyl groups is 1. The Morgan fingerprint density at radius 1 is 1.33 bits per heavy atom. The van der Waals surface area contributed by atoms with Crippen LogP contribution in [0.25, 0.3) is 0 Å². The number of carboxylic acid groups (broad SMARTS) is 1. The van der Waals surface area contributed by atoms with Crippen LogP contribution in [0.5, 0.6) is 0 Å². The molecule has 4 nitrogen and oxygen atoms in total. The summed E-state index contributed by atoms with van der Waals surface area (Å²) in [6.45, 7) is 3.29. The number of hydrogen-bond donors (Lipinski definition) is 2. The first-order chi connectivity index (χ1) is 8.47. The Balaban J connectivity index is 2.34. The molecule has 1 atom stereocenters. The number of benzene rings is 1. The van der Waals surface area contributed by atoms with E-state index < -0.39 is 12.1 Å². The number of carbonyl (C=O) groups is 1. The quantitative estimate of drug-likeness (QED) is 0.773. The van der Waals surface area contributed by atoms with Gasteiger partial charge in [0.25, 0.3) is 0 Å². The van der Waals surface area contributed by atoms with Gasteiger partial charge < -0.3 is 10.2 Å². The lowest BCUT2D eigenvalue weighted by atomic mass is 10.1. The third-order valence-electron chi connectivity index (χ3n) is 2.79. The lowest BCUT2D eigenvalue weighted by Gasteiger charge is -2.20. The van der Waals surface area contributed by atoms with Crippen molar-refractivity contribution in [2.45, 2.75) is 32.4 Å². The zero-order valence-corrected chi connectivity index (χ0v) is 11.0. The van der Waals surface area contributed by atoms with Crippen molar-refractivity contribution in [3.63, 3.8) is 0 Å². The Morgan fingerprint density at radius 3 is 2.50 bits per heavy atom. The predicted molar refractivity (Wildman–Crippen MR) is 70.4 cm³/mol. The molecule has 0 aliphatic carbocycles. The first-order valence-corrected chi connectivity index (χ1v) is 6.11. The summed E-state index contributed by atoms with van der Waals surface area (Å²) >= 11 is 0. The molecule has 0 aliphatic heterocycles. The van der Waals surface area contributed by atoms with Crippen molar-refractivity contribution in [2.75, 3.05) is 13.6 Å². The fraction of sp³-hybridized carbons (Fsp3) is 0.500. The molecule has 1 rings (SSSR count). The van der Waals surface area contributed by atoms with Crippen LogP contribution in [0, 0.1) is 6.92 Å². The average Bonchev–Trinajstić information content (AvgIpc) is 2.29. The van der Waals surface area contributed by atoms with Crippen LogP contribution in [0.4, 0.5) is 0 Å². The van der Waals surface area contributed by atoms with E-state index in [1.54, 1.807) is 0 Å². The molecule has 0 saturated carbocycles. The largest absolute Gasteiger partial charge is 0.481 e. The standard InChI is InChI=1S/C14H21NO3/c1-11-3-5-12(6-4-11)9-15(2)10-13(16)7-8-14(17)18/h3-6,13,16H,7-10H2,1-2H3,(H,17,18). The van der Waals surface area contributed by atoms with Crippen molar-refractivity contribution < 1.29 is 15.0 Å². The lowest BCUT2D eigenvalue weighted by molar-refractivity contribution is -0.137. The average molecular weight is 251 g/mol. The van der Waals surface area contributed by atoms with Gasteiger partial charge in [0.05, 0.1) is 6.10 Å². The van der Waals surface area contributed by atoms with Crippen LogP contribution < -0.4 is 0 Å². The Bertz CT molecular complexity index is 375. The van der Waals surface area contributed by atoms with E-state index in [1.807, 2.05) is 18.9 Å². The maximum Gasteiger partial charge on any atom is 0.303 e. The minimum atomic E-state index is -0.866. The minimum Gasteiger partial charge on any atom is -0.481 e. The van der Waals surface area contributed by atoms with Crippen molar-refractivity contribution in [1.82, 2.24) is 4.90 Å². The molecule has 2 N–H and O–H groups in total. The Kier molecular flexibility index (Phi) is 5.82. The zero-order chi connectivity index (χ0) is 13.5. The first kappa shape index (κ1) is 14.7. The highest BCUT2D eigenvalue weighted by Crippen LogP contribution is 2.07. The maximum atomic E-state index is 10.4. The van der Waals surface area contributed by atoms with Crippen LogP contribution in [-0.4, -0.2) is 40.8 Å². The summed E-state index contributed by atoms with van der Waals surface area (Å²) in [5, 5.41) is 18.2. The van der Waals surface area contributed by atoms with E-state index in [4.69, 9.17) is 5.11 Å². The summed E-state index contributed by atoms with van der Waals surface area (Å²) in [5.41, 5.74) is 2.41. The summed E-state index contributed by atoms with van der Waals surface area (Å²) in [6, 6.07) is 8.25. The van der Waals surface area contributed by atoms with Crippen LogP contribution in [-0.2, 0) is 11.3 Å². The molecule has 0 heterocycles. The second kappa shape index (κ2) is 7.13. The number of aliphatic carboxylic acids is 1. The number of carboxylic acids is 1. The molecule has 0 radical (unpaired) electrons. The van der Waals surface area contributed by atoms with Crippen molar-refractivity contribution in [2.24, 2.45) is 0 Å². The SMILES string of the molecule is Cc1ccc(CN(C)CC(O)CCC(=O)O)cc1. The summed E-state index contributed by atoms with van der Waals surface area (Å²) in [4.78, 5) is 12.4. The third-order valence-corrected chi connectivity index (χ3v) is 2.79. The van der Waals surface area contributed by atoms with Gasteiger partial charge in [0.1, 0.15) is 0 Å². The van der Waals surface area contributed by atoms with Gasteiger partial charge in [0.2, 0.25) is 0 Å². The molecule has 0 saturated heterocycles. The van der Waals surface area contributed by atoms with E-state index in [0.717, 1.165) is 6.54 Å². The monoisotopic (exact) mass is 251 g/mol. The van der Waals surface area contributed by atoms with Crippen LogP contribution >= 0.6 is 0 Å². The fourth-order valence-corrected chi connectivity index (χ4v) is 1.81. The molecule has 1 aromatic rings. The predicted octanol–water partition coefficient (Wildman–Crippen LogP) is 1.65. The van der Waals surface area contributed by atoms with Crippen molar-refractivity contribution in [1.29, 1.82) is 0 Å². The summed E-state index contributed by atoms with van der Waals surface area (Å²) in [7, 11) is 1.92. The summed E-state index contributed by atoms with van der Waals surface area (Å²) in [5.74, 6) is -0.866. The number of hydrogen-bond acceptors (Lipinski definition) is 3. The molecule has 0 aromatic heterocycles. The molecule has 1 unspecified atom stereocenters. The van der Waals surface area contributed by atoms with Gasteiger partial charge in [-0.05, 0) is 26.0 Å². The topological polar surface area (TPSA) is 60.8 Å². The van der Waals surface area contributed by atoms with Gasteiger partial charge in [-0.15, -0.1) is 0 Å². The molecule has 1 aromatic carbocycles. The van der Waals surface area contributed by atoms with E-state index >= 15 is 0 Å². The van der Waals surface area contributed by atoms with Crippen LogP contribution in [0.15, 0.2) is 24.3 Å². The molecular weight excluding hydrogens is 230 g/mol. The van der Waals surface area contributed by atoms with Gasteiger partial charge in [-0.1, -0.05) is 29.8 Å². The van der Waals surface area contributed by atoms with Crippen molar-refractivity contribution in [3.8, 4) is 0 Å². The van der Waals surface area contributed by atoms with Gasteiger partial charge in [-0.3, -0.25) is 9.69 Å². The summed E-state index contributed by atoms with van der Waals surface area (Å²) in [6.07, 6.45) is -0.274.